The van der Waals surface area contributed by atoms with Crippen molar-refractivity contribution in [2.45, 2.75) is 5.60 Å². The first-order valence-electron chi connectivity index (χ1n) is 8.64. The summed E-state index contributed by atoms with van der Waals surface area (Å²) in [5.41, 5.74) is 2.17. The zero-order valence-electron chi connectivity index (χ0n) is 14.6. The number of aromatic nitrogens is 2. The van der Waals surface area contributed by atoms with E-state index < -0.39 is 5.60 Å². The molecular weight excluding hydrogens is 372 g/mol. The maximum Gasteiger partial charge on any atom is 0.195 e. The van der Waals surface area contributed by atoms with Crippen LogP contribution >= 0.6 is 22.7 Å². The Balaban J connectivity index is 1.83. The van der Waals surface area contributed by atoms with Crippen molar-refractivity contribution in [2.24, 2.45) is 0 Å². The fourth-order valence-electron chi connectivity index (χ4n) is 3.35. The molecule has 132 valence electrons. The zero-order chi connectivity index (χ0) is 18.3. The van der Waals surface area contributed by atoms with E-state index in [1.54, 1.807) is 29.8 Å². The highest BCUT2D eigenvalue weighted by Crippen LogP contribution is 2.45. The van der Waals surface area contributed by atoms with Crippen LogP contribution in [-0.4, -0.2) is 17.1 Å². The molecule has 2 heterocycles. The molecule has 2 aromatic heterocycles. The van der Waals surface area contributed by atoms with E-state index in [1.165, 1.54) is 0 Å². The summed E-state index contributed by atoms with van der Waals surface area (Å²) in [6.45, 7) is 0. The molecule has 0 N–H and O–H groups in total. The predicted molar refractivity (Wildman–Crippen MR) is 113 cm³/mol. The number of hydrogen-bond donors (Lipinski definition) is 0. The van der Waals surface area contributed by atoms with Crippen molar-refractivity contribution in [2.75, 3.05) is 7.11 Å². The van der Waals surface area contributed by atoms with Crippen LogP contribution in [0.25, 0.3) is 20.4 Å². The Labute approximate surface area is 164 Å². The average molecular weight is 389 g/mol. The van der Waals surface area contributed by atoms with Gasteiger partial charge in [-0.3, -0.25) is 0 Å². The monoisotopic (exact) mass is 388 g/mol. The molecule has 5 heteroatoms. The molecular formula is C22H16N2OS2. The Morgan fingerprint density at radius 2 is 1.15 bits per heavy atom. The van der Waals surface area contributed by atoms with Crippen LogP contribution < -0.4 is 0 Å². The van der Waals surface area contributed by atoms with Gasteiger partial charge in [0, 0.05) is 7.11 Å². The zero-order valence-corrected chi connectivity index (χ0v) is 16.3. The normalized spacial score (nSPS) is 12.0. The van der Waals surface area contributed by atoms with Gasteiger partial charge in [-0.25, -0.2) is 9.97 Å². The lowest BCUT2D eigenvalue weighted by atomic mass is 9.94. The van der Waals surface area contributed by atoms with Gasteiger partial charge in [-0.1, -0.05) is 54.6 Å². The number of ether oxygens (including phenoxy) is 1. The van der Waals surface area contributed by atoms with Gasteiger partial charge in [0.05, 0.1) is 20.4 Å². The van der Waals surface area contributed by atoms with Crippen LogP contribution in [-0.2, 0) is 10.3 Å². The van der Waals surface area contributed by atoms with E-state index in [9.17, 15) is 0 Å². The lowest BCUT2D eigenvalue weighted by Gasteiger charge is -2.28. The summed E-state index contributed by atoms with van der Waals surface area (Å²) >= 11 is 3.32. The predicted octanol–water partition coefficient (Wildman–Crippen LogP) is 5.84. The van der Waals surface area contributed by atoms with Gasteiger partial charge in [-0.2, -0.15) is 0 Å². The van der Waals surface area contributed by atoms with Crippen molar-refractivity contribution < 1.29 is 4.74 Å². The lowest BCUT2D eigenvalue weighted by Crippen LogP contribution is -2.31. The molecule has 0 aliphatic heterocycles. The van der Waals surface area contributed by atoms with Crippen molar-refractivity contribution in [3.63, 3.8) is 0 Å². The maximum absolute atomic E-state index is 6.25. The fraction of sp³-hybridized carbons (Fsp3) is 0.0909. The van der Waals surface area contributed by atoms with E-state index >= 15 is 0 Å². The van der Waals surface area contributed by atoms with E-state index in [-0.39, 0.29) is 0 Å². The SMILES string of the molecule is COC(c1ccccc1)(c1nc2ccccc2s1)c1nc2ccccc2s1. The number of fused-ring (bicyclic) bond motifs is 2. The molecule has 0 unspecified atom stereocenters. The van der Waals surface area contributed by atoms with Crippen LogP contribution in [0.5, 0.6) is 0 Å². The van der Waals surface area contributed by atoms with Crippen LogP contribution in [0, 0.1) is 0 Å². The van der Waals surface area contributed by atoms with Gasteiger partial charge in [-0.15, -0.1) is 22.7 Å². The molecule has 0 bridgehead atoms. The Morgan fingerprint density at radius 3 is 1.63 bits per heavy atom. The lowest BCUT2D eigenvalue weighted by molar-refractivity contribution is 0.0584. The van der Waals surface area contributed by atoms with Crippen molar-refractivity contribution in [1.82, 2.24) is 9.97 Å². The molecule has 0 aliphatic rings. The summed E-state index contributed by atoms with van der Waals surface area (Å²) in [5, 5.41) is 1.80. The van der Waals surface area contributed by atoms with Crippen molar-refractivity contribution in [1.29, 1.82) is 0 Å². The van der Waals surface area contributed by atoms with Crippen molar-refractivity contribution >= 4 is 43.1 Å². The highest BCUT2D eigenvalue weighted by Gasteiger charge is 2.42. The third-order valence-corrected chi connectivity index (χ3v) is 6.95. The molecule has 0 amide bonds. The van der Waals surface area contributed by atoms with Crippen LogP contribution in [0.2, 0.25) is 0 Å². The molecule has 0 radical (unpaired) electrons. The number of thiazole rings is 2. The molecule has 0 spiro atoms. The minimum atomic E-state index is -0.825. The Hall–Kier alpha value is -2.60. The van der Waals surface area contributed by atoms with Crippen molar-refractivity contribution in [3.05, 3.63) is 94.4 Å². The molecule has 3 aromatic carbocycles. The second-order valence-corrected chi connectivity index (χ2v) is 8.29. The number of methoxy groups -OCH3 is 1. The molecule has 0 atom stereocenters. The van der Waals surface area contributed by atoms with Crippen molar-refractivity contribution in [3.8, 4) is 0 Å². The summed E-state index contributed by atoms with van der Waals surface area (Å²) in [5.74, 6) is 0. The van der Waals surface area contributed by atoms with Crippen LogP contribution in [0.15, 0.2) is 78.9 Å². The van der Waals surface area contributed by atoms with E-state index in [4.69, 9.17) is 14.7 Å². The first kappa shape index (κ1) is 16.6. The maximum atomic E-state index is 6.25. The number of para-hydroxylation sites is 2. The van der Waals surface area contributed by atoms with E-state index in [2.05, 4.69) is 24.3 Å². The highest BCUT2D eigenvalue weighted by molar-refractivity contribution is 7.20. The number of benzene rings is 3. The van der Waals surface area contributed by atoms with Gasteiger partial charge in [0.25, 0.3) is 0 Å². The molecule has 5 rings (SSSR count). The van der Waals surface area contributed by atoms with E-state index in [0.717, 1.165) is 36.0 Å². The summed E-state index contributed by atoms with van der Waals surface area (Å²) < 4.78 is 8.54. The van der Waals surface area contributed by atoms with Gasteiger partial charge in [0.2, 0.25) is 0 Å². The van der Waals surface area contributed by atoms with Gasteiger partial charge in [0.15, 0.2) is 5.60 Å². The van der Waals surface area contributed by atoms with Gasteiger partial charge in [-0.05, 0) is 29.8 Å². The molecule has 27 heavy (non-hydrogen) atoms. The summed E-state index contributed by atoms with van der Waals surface area (Å²) in [6.07, 6.45) is 0. The summed E-state index contributed by atoms with van der Waals surface area (Å²) in [6, 6.07) is 26.6. The van der Waals surface area contributed by atoms with Crippen LogP contribution in [0.3, 0.4) is 0 Å². The van der Waals surface area contributed by atoms with Crippen LogP contribution in [0.4, 0.5) is 0 Å². The molecule has 0 aliphatic carbocycles. The first-order chi connectivity index (χ1) is 13.3. The quantitative estimate of drug-likeness (QED) is 0.388. The number of hydrogen-bond acceptors (Lipinski definition) is 5. The second kappa shape index (κ2) is 6.53. The van der Waals surface area contributed by atoms with Gasteiger partial charge < -0.3 is 4.74 Å². The smallest absolute Gasteiger partial charge is 0.195 e. The third-order valence-electron chi connectivity index (χ3n) is 4.68. The third kappa shape index (κ3) is 2.58. The summed E-state index contributed by atoms with van der Waals surface area (Å²) in [4.78, 5) is 9.88. The molecule has 0 fully saturated rings. The molecule has 0 saturated heterocycles. The highest BCUT2D eigenvalue weighted by atomic mass is 32.1. The molecule has 5 aromatic rings. The van der Waals surface area contributed by atoms with Gasteiger partial charge in [0.1, 0.15) is 10.0 Å². The first-order valence-corrected chi connectivity index (χ1v) is 10.3. The summed E-state index contributed by atoms with van der Waals surface area (Å²) in [7, 11) is 1.74. The largest absolute Gasteiger partial charge is 0.359 e. The number of rotatable bonds is 4. The molecule has 3 nitrogen and oxygen atoms in total. The topological polar surface area (TPSA) is 35.0 Å². The Morgan fingerprint density at radius 1 is 0.667 bits per heavy atom. The van der Waals surface area contributed by atoms with E-state index in [1.807, 2.05) is 54.6 Å². The van der Waals surface area contributed by atoms with Gasteiger partial charge >= 0.3 is 0 Å². The molecule has 0 saturated carbocycles. The second-order valence-electron chi connectivity index (χ2n) is 6.22. The minimum Gasteiger partial charge on any atom is -0.359 e. The number of nitrogens with zero attached hydrogens (tertiary/aromatic N) is 2. The Kier molecular flexibility index (Phi) is 4.01. The van der Waals surface area contributed by atoms with E-state index in [0.29, 0.717) is 0 Å². The minimum absolute atomic E-state index is 0.825. The average Bonchev–Trinajstić information content (AvgIpc) is 3.34. The Bertz CT molecular complexity index is 1090. The fourth-order valence-corrected chi connectivity index (χ4v) is 5.73. The van der Waals surface area contributed by atoms with Crippen LogP contribution in [0.1, 0.15) is 15.6 Å². The standard InChI is InChI=1S/C22H16N2OS2/c1-25-22(15-9-3-2-4-10-15,20-23-16-11-5-7-13-18(16)26-20)21-24-17-12-6-8-14-19(17)27-21/h2-14H,1H3.